The van der Waals surface area contributed by atoms with Crippen LogP contribution in [0.15, 0.2) is 18.2 Å². The highest BCUT2D eigenvalue weighted by molar-refractivity contribution is 5.77. The minimum atomic E-state index is -0.951. The van der Waals surface area contributed by atoms with Crippen LogP contribution in [0.3, 0.4) is 0 Å². The van der Waals surface area contributed by atoms with Gasteiger partial charge in [0, 0.05) is 26.2 Å². The molecule has 0 spiro atoms. The largest absolute Gasteiger partial charge is 0.466 e. The van der Waals surface area contributed by atoms with Gasteiger partial charge in [-0.3, -0.25) is 19.2 Å². The van der Waals surface area contributed by atoms with E-state index < -0.39 is 29.9 Å². The van der Waals surface area contributed by atoms with Crippen molar-refractivity contribution >= 4 is 23.9 Å². The Morgan fingerprint density at radius 2 is 1.37 bits per heavy atom. The van der Waals surface area contributed by atoms with Crippen LogP contribution < -0.4 is 15.2 Å². The number of carbonyl (C=O) groups is 4. The number of hydrogen-bond acceptors (Lipinski definition) is 9. The van der Waals surface area contributed by atoms with Gasteiger partial charge < -0.3 is 24.7 Å². The summed E-state index contributed by atoms with van der Waals surface area (Å²) in [6.07, 6.45) is 2.30. The summed E-state index contributed by atoms with van der Waals surface area (Å²) >= 11 is 0. The molecule has 196 valence electrons. The van der Waals surface area contributed by atoms with Gasteiger partial charge in [-0.05, 0) is 48.8 Å². The van der Waals surface area contributed by atoms with E-state index in [1.54, 1.807) is 12.1 Å². The number of hydrogen-bond donors (Lipinski definition) is 1. The van der Waals surface area contributed by atoms with Crippen molar-refractivity contribution in [1.82, 2.24) is 0 Å². The molecule has 0 amide bonds. The maximum atomic E-state index is 12.3. The molecule has 1 rings (SSSR count). The summed E-state index contributed by atoms with van der Waals surface area (Å²) in [5.74, 6) is -0.929. The minimum Gasteiger partial charge on any atom is -0.466 e. The van der Waals surface area contributed by atoms with E-state index in [2.05, 4.69) is 0 Å². The smallest absolute Gasteiger partial charge is 0.323 e. The van der Waals surface area contributed by atoms with Crippen molar-refractivity contribution in [3.8, 4) is 11.5 Å². The molecule has 1 aromatic carbocycles. The Morgan fingerprint density at radius 1 is 0.829 bits per heavy atom. The zero-order valence-corrected chi connectivity index (χ0v) is 21.5. The van der Waals surface area contributed by atoms with Gasteiger partial charge in [-0.25, -0.2) is 0 Å². The van der Waals surface area contributed by atoms with Gasteiger partial charge in [0.1, 0.15) is 6.04 Å². The molecule has 9 heteroatoms. The molecule has 0 aliphatic carbocycles. The van der Waals surface area contributed by atoms with Gasteiger partial charge in [0.25, 0.3) is 0 Å². The van der Waals surface area contributed by atoms with E-state index in [1.807, 2.05) is 27.7 Å². The highest BCUT2D eigenvalue weighted by Crippen LogP contribution is 2.30. The lowest BCUT2D eigenvalue weighted by Crippen LogP contribution is -2.34. The van der Waals surface area contributed by atoms with Crippen molar-refractivity contribution in [1.29, 1.82) is 0 Å². The normalized spacial score (nSPS) is 11.8. The van der Waals surface area contributed by atoms with Crippen LogP contribution in [0, 0.1) is 11.8 Å². The molecule has 0 bridgehead atoms. The molecule has 0 aromatic heterocycles. The predicted molar refractivity (Wildman–Crippen MR) is 130 cm³/mol. The van der Waals surface area contributed by atoms with Crippen molar-refractivity contribution in [3.63, 3.8) is 0 Å². The van der Waals surface area contributed by atoms with E-state index in [4.69, 9.17) is 24.7 Å². The highest BCUT2D eigenvalue weighted by atomic mass is 16.6. The van der Waals surface area contributed by atoms with Crippen LogP contribution in [0.5, 0.6) is 11.5 Å². The quantitative estimate of drug-likeness (QED) is 0.220. The van der Waals surface area contributed by atoms with Gasteiger partial charge in [0.15, 0.2) is 11.5 Å². The number of carbonyl (C=O) groups excluding carboxylic acids is 4. The van der Waals surface area contributed by atoms with Crippen LogP contribution in [0.2, 0.25) is 0 Å². The summed E-state index contributed by atoms with van der Waals surface area (Å²) in [5.41, 5.74) is 6.59. The molecular formula is C26H39NO8. The standard InChI is InChI=1S/C26H39NO8/c1-17(2)7-11-24(29)34-22-10-9-20(16-23(22)35-25(30)12-8-18(3)4)15-21(27)26(31)33-14-6-13-32-19(5)28/h9-10,16-18,21H,6-8,11-15,27H2,1-5H3. The molecular weight excluding hydrogens is 454 g/mol. The molecule has 0 saturated heterocycles. The Hall–Kier alpha value is -2.94. The third-order valence-corrected chi connectivity index (χ3v) is 4.90. The first-order chi connectivity index (χ1) is 16.5. The second-order valence-corrected chi connectivity index (χ2v) is 9.27. The third-order valence-electron chi connectivity index (χ3n) is 4.90. The van der Waals surface area contributed by atoms with E-state index in [0.29, 0.717) is 36.7 Å². The molecule has 0 radical (unpaired) electrons. The van der Waals surface area contributed by atoms with Crippen LogP contribution in [0.1, 0.15) is 72.3 Å². The lowest BCUT2D eigenvalue weighted by molar-refractivity contribution is -0.146. The molecule has 1 atom stereocenters. The molecule has 0 heterocycles. The maximum absolute atomic E-state index is 12.3. The molecule has 0 fully saturated rings. The van der Waals surface area contributed by atoms with Crippen LogP contribution in [-0.2, 0) is 35.1 Å². The summed E-state index contributed by atoms with van der Waals surface area (Å²) in [7, 11) is 0. The van der Waals surface area contributed by atoms with E-state index in [9.17, 15) is 19.2 Å². The first-order valence-electron chi connectivity index (χ1n) is 12.1. The number of benzene rings is 1. The van der Waals surface area contributed by atoms with Gasteiger partial charge in [-0.1, -0.05) is 33.8 Å². The highest BCUT2D eigenvalue weighted by Gasteiger charge is 2.19. The van der Waals surface area contributed by atoms with Crippen molar-refractivity contribution in [3.05, 3.63) is 23.8 Å². The van der Waals surface area contributed by atoms with Crippen LogP contribution >= 0.6 is 0 Å². The fourth-order valence-corrected chi connectivity index (χ4v) is 2.90. The molecule has 1 aromatic rings. The fraction of sp³-hybridized carbons (Fsp3) is 0.615. The van der Waals surface area contributed by atoms with E-state index in [1.165, 1.54) is 13.0 Å². The zero-order chi connectivity index (χ0) is 26.4. The molecule has 0 aliphatic heterocycles. The molecule has 1 unspecified atom stereocenters. The second-order valence-electron chi connectivity index (χ2n) is 9.27. The summed E-state index contributed by atoms with van der Waals surface area (Å²) in [5, 5.41) is 0. The first kappa shape index (κ1) is 30.1. The Bertz CT molecular complexity index is 850. The van der Waals surface area contributed by atoms with E-state index in [0.717, 1.165) is 0 Å². The van der Waals surface area contributed by atoms with Gasteiger partial charge in [-0.15, -0.1) is 0 Å². The topological polar surface area (TPSA) is 131 Å². The number of rotatable bonds is 15. The molecule has 35 heavy (non-hydrogen) atoms. The summed E-state index contributed by atoms with van der Waals surface area (Å²) in [6.45, 7) is 9.57. The van der Waals surface area contributed by atoms with Gasteiger partial charge in [0.2, 0.25) is 0 Å². The first-order valence-corrected chi connectivity index (χ1v) is 12.1. The van der Waals surface area contributed by atoms with Crippen molar-refractivity contribution < 1.29 is 38.1 Å². The lowest BCUT2D eigenvalue weighted by atomic mass is 10.1. The van der Waals surface area contributed by atoms with E-state index >= 15 is 0 Å². The number of ether oxygens (including phenoxy) is 4. The van der Waals surface area contributed by atoms with Crippen molar-refractivity contribution in [2.75, 3.05) is 13.2 Å². The van der Waals surface area contributed by atoms with Gasteiger partial charge in [0.05, 0.1) is 13.2 Å². The van der Waals surface area contributed by atoms with Crippen LogP contribution in [0.4, 0.5) is 0 Å². The van der Waals surface area contributed by atoms with Crippen molar-refractivity contribution in [2.45, 2.75) is 79.2 Å². The predicted octanol–water partition coefficient (Wildman–Crippen LogP) is 3.74. The third kappa shape index (κ3) is 13.5. The van der Waals surface area contributed by atoms with Crippen molar-refractivity contribution in [2.24, 2.45) is 17.6 Å². The molecule has 0 saturated carbocycles. The average Bonchev–Trinajstić information content (AvgIpc) is 2.77. The number of esters is 4. The van der Waals surface area contributed by atoms with Crippen LogP contribution in [-0.4, -0.2) is 43.1 Å². The Labute approximate surface area is 207 Å². The minimum absolute atomic E-state index is 0.0732. The maximum Gasteiger partial charge on any atom is 0.323 e. The van der Waals surface area contributed by atoms with Crippen LogP contribution in [0.25, 0.3) is 0 Å². The lowest BCUT2D eigenvalue weighted by Gasteiger charge is -2.15. The number of nitrogens with two attached hydrogens (primary N) is 1. The molecule has 0 aliphatic rings. The van der Waals surface area contributed by atoms with Gasteiger partial charge >= 0.3 is 23.9 Å². The Balaban J connectivity index is 2.84. The monoisotopic (exact) mass is 493 g/mol. The Kier molecular flexibility index (Phi) is 13.6. The summed E-state index contributed by atoms with van der Waals surface area (Å²) < 4.78 is 20.9. The second kappa shape index (κ2) is 15.9. The fourth-order valence-electron chi connectivity index (χ4n) is 2.90. The molecule has 2 N–H and O–H groups in total. The van der Waals surface area contributed by atoms with Gasteiger partial charge in [-0.2, -0.15) is 0 Å². The summed E-state index contributed by atoms with van der Waals surface area (Å²) in [6, 6.07) is 3.79. The SMILES string of the molecule is CC(=O)OCCCOC(=O)C(N)Cc1ccc(OC(=O)CCC(C)C)c(OC(=O)CCC(C)C)c1. The average molecular weight is 494 g/mol. The zero-order valence-electron chi connectivity index (χ0n) is 21.5. The Morgan fingerprint density at radius 3 is 1.91 bits per heavy atom. The summed E-state index contributed by atoms with van der Waals surface area (Å²) in [4.78, 5) is 47.5. The van der Waals surface area contributed by atoms with E-state index in [-0.39, 0.29) is 44.0 Å². The molecule has 9 nitrogen and oxygen atoms in total.